The van der Waals surface area contributed by atoms with Crippen molar-refractivity contribution in [2.75, 3.05) is 19.0 Å². The summed E-state index contributed by atoms with van der Waals surface area (Å²) in [6.07, 6.45) is 3.61. The lowest BCUT2D eigenvalue weighted by molar-refractivity contribution is -0.132. The van der Waals surface area contributed by atoms with Gasteiger partial charge in [0.1, 0.15) is 11.3 Å². The molecule has 0 unspecified atom stereocenters. The van der Waals surface area contributed by atoms with Crippen molar-refractivity contribution in [2.45, 2.75) is 26.4 Å². The number of nitrogens with zero attached hydrogens (tertiary/aromatic N) is 2. The molecule has 2 aromatic heterocycles. The summed E-state index contributed by atoms with van der Waals surface area (Å²) in [5.41, 5.74) is 5.06. The van der Waals surface area contributed by atoms with E-state index in [1.54, 1.807) is 12.5 Å². The summed E-state index contributed by atoms with van der Waals surface area (Å²) in [4.78, 5) is 17.2. The highest BCUT2D eigenvalue weighted by atomic mass is 16.3. The predicted octanol–water partition coefficient (Wildman–Crippen LogP) is 5.17. The van der Waals surface area contributed by atoms with E-state index in [0.29, 0.717) is 13.1 Å². The number of hydrogen-bond donors (Lipinski definition) is 0. The van der Waals surface area contributed by atoms with Crippen LogP contribution in [0.25, 0.3) is 11.0 Å². The highest BCUT2D eigenvalue weighted by Gasteiger charge is 2.19. The third-order valence-corrected chi connectivity index (χ3v) is 5.26. The third-order valence-electron chi connectivity index (χ3n) is 5.26. The molecule has 0 spiro atoms. The average molecular weight is 402 g/mol. The van der Waals surface area contributed by atoms with E-state index in [0.717, 1.165) is 39.1 Å². The van der Waals surface area contributed by atoms with Crippen LogP contribution in [0, 0.1) is 6.92 Å². The molecule has 4 aromatic rings. The number of benzene rings is 2. The molecule has 2 aromatic carbocycles. The minimum absolute atomic E-state index is 0.0345. The van der Waals surface area contributed by atoms with E-state index in [4.69, 9.17) is 8.83 Å². The van der Waals surface area contributed by atoms with E-state index in [1.807, 2.05) is 50.2 Å². The maximum Gasteiger partial charge on any atom is 0.227 e. The number of aryl methyl sites for hydroxylation is 1. The van der Waals surface area contributed by atoms with Crippen LogP contribution < -0.4 is 4.90 Å². The molecule has 5 nitrogen and oxygen atoms in total. The number of furan rings is 2. The van der Waals surface area contributed by atoms with E-state index >= 15 is 0 Å². The van der Waals surface area contributed by atoms with Gasteiger partial charge in [0.2, 0.25) is 5.91 Å². The standard InChI is InChI=1S/C25H26N2O3/c1-18-6-11-24-23(13-18)20(17-30-24)14-25(28)27(16-22-5-4-12-29-22)15-19-7-9-21(10-8-19)26(2)3/h4-13,17H,14-16H2,1-3H3. The van der Waals surface area contributed by atoms with E-state index in [2.05, 4.69) is 35.2 Å². The van der Waals surface area contributed by atoms with E-state index in [-0.39, 0.29) is 12.3 Å². The maximum absolute atomic E-state index is 13.3. The Balaban J connectivity index is 1.56. The fraction of sp³-hybridized carbons (Fsp3) is 0.240. The lowest BCUT2D eigenvalue weighted by Gasteiger charge is -2.22. The van der Waals surface area contributed by atoms with Gasteiger partial charge in [-0.1, -0.05) is 23.8 Å². The first kappa shape index (κ1) is 19.8. The number of anilines is 1. The molecule has 5 heteroatoms. The normalized spacial score (nSPS) is 11.0. The minimum atomic E-state index is 0.0345. The van der Waals surface area contributed by atoms with Crippen LogP contribution in [0.4, 0.5) is 5.69 Å². The summed E-state index contributed by atoms with van der Waals surface area (Å²) in [7, 11) is 4.03. The van der Waals surface area contributed by atoms with Gasteiger partial charge in [-0.25, -0.2) is 0 Å². The van der Waals surface area contributed by atoms with Crippen LogP contribution in [0.1, 0.15) is 22.5 Å². The van der Waals surface area contributed by atoms with Crippen LogP contribution in [0.15, 0.2) is 76.0 Å². The Labute approximate surface area is 176 Å². The van der Waals surface area contributed by atoms with Gasteiger partial charge in [-0.15, -0.1) is 0 Å². The first-order valence-electron chi connectivity index (χ1n) is 10.0. The van der Waals surface area contributed by atoms with E-state index in [1.165, 1.54) is 0 Å². The van der Waals surface area contributed by atoms with Gasteiger partial charge >= 0.3 is 0 Å². The van der Waals surface area contributed by atoms with Crippen LogP contribution in [-0.2, 0) is 24.3 Å². The number of carbonyl (C=O) groups excluding carboxylic acids is 1. The second-order valence-electron chi connectivity index (χ2n) is 7.83. The number of fused-ring (bicyclic) bond motifs is 1. The third kappa shape index (κ3) is 4.40. The Morgan fingerprint density at radius 3 is 2.47 bits per heavy atom. The highest BCUT2D eigenvalue weighted by Crippen LogP contribution is 2.24. The maximum atomic E-state index is 13.3. The Bertz CT molecular complexity index is 1130. The molecule has 0 saturated heterocycles. The van der Waals surface area contributed by atoms with Crippen LogP contribution in [-0.4, -0.2) is 24.9 Å². The number of amides is 1. The van der Waals surface area contributed by atoms with Crippen LogP contribution in [0.2, 0.25) is 0 Å². The smallest absolute Gasteiger partial charge is 0.227 e. The monoisotopic (exact) mass is 402 g/mol. The quantitative estimate of drug-likeness (QED) is 0.428. The molecular weight excluding hydrogens is 376 g/mol. The van der Waals surface area contributed by atoms with Crippen molar-refractivity contribution < 1.29 is 13.6 Å². The molecule has 1 amide bonds. The molecule has 0 fully saturated rings. The molecule has 0 N–H and O–H groups in total. The molecule has 0 atom stereocenters. The second-order valence-corrected chi connectivity index (χ2v) is 7.83. The zero-order valence-electron chi connectivity index (χ0n) is 17.6. The Morgan fingerprint density at radius 1 is 0.967 bits per heavy atom. The number of carbonyl (C=O) groups is 1. The van der Waals surface area contributed by atoms with Crippen molar-refractivity contribution in [2.24, 2.45) is 0 Å². The van der Waals surface area contributed by atoms with Gasteiger partial charge in [-0.3, -0.25) is 4.79 Å². The lowest BCUT2D eigenvalue weighted by Crippen LogP contribution is -2.31. The molecule has 0 bridgehead atoms. The highest BCUT2D eigenvalue weighted by molar-refractivity contribution is 5.88. The van der Waals surface area contributed by atoms with Gasteiger partial charge in [0.05, 0.1) is 25.5 Å². The Hall–Kier alpha value is -3.47. The molecule has 2 heterocycles. The van der Waals surface area contributed by atoms with Gasteiger partial charge in [0, 0.05) is 37.3 Å². The van der Waals surface area contributed by atoms with Crippen molar-refractivity contribution in [3.63, 3.8) is 0 Å². The van der Waals surface area contributed by atoms with Crippen LogP contribution >= 0.6 is 0 Å². The molecule has 0 aliphatic carbocycles. The summed E-state index contributed by atoms with van der Waals surface area (Å²) in [6.45, 7) is 2.98. The van der Waals surface area contributed by atoms with Crippen molar-refractivity contribution in [3.05, 3.63) is 89.6 Å². The average Bonchev–Trinajstić information content (AvgIpc) is 3.38. The first-order chi connectivity index (χ1) is 14.5. The second kappa shape index (κ2) is 8.49. The molecule has 154 valence electrons. The van der Waals surface area contributed by atoms with Crippen LogP contribution in [0.5, 0.6) is 0 Å². The minimum Gasteiger partial charge on any atom is -0.467 e. The van der Waals surface area contributed by atoms with Crippen LogP contribution in [0.3, 0.4) is 0 Å². The largest absolute Gasteiger partial charge is 0.467 e. The molecule has 0 aliphatic rings. The zero-order valence-corrected chi connectivity index (χ0v) is 17.6. The van der Waals surface area contributed by atoms with Gasteiger partial charge < -0.3 is 18.6 Å². The van der Waals surface area contributed by atoms with Crippen molar-refractivity contribution in [3.8, 4) is 0 Å². The van der Waals surface area contributed by atoms with Crippen molar-refractivity contribution in [1.29, 1.82) is 0 Å². The lowest BCUT2D eigenvalue weighted by atomic mass is 10.1. The van der Waals surface area contributed by atoms with Crippen molar-refractivity contribution >= 4 is 22.6 Å². The summed E-state index contributed by atoms with van der Waals surface area (Å²) >= 11 is 0. The molecule has 0 saturated carbocycles. The van der Waals surface area contributed by atoms with Crippen molar-refractivity contribution in [1.82, 2.24) is 4.90 Å². The topological polar surface area (TPSA) is 49.8 Å². The van der Waals surface area contributed by atoms with Gasteiger partial charge in [0.25, 0.3) is 0 Å². The predicted molar refractivity (Wildman–Crippen MR) is 118 cm³/mol. The number of rotatable bonds is 7. The molecule has 30 heavy (non-hydrogen) atoms. The van der Waals surface area contributed by atoms with Gasteiger partial charge in [-0.05, 0) is 48.9 Å². The summed E-state index contributed by atoms with van der Waals surface area (Å²) in [5, 5.41) is 0.997. The SMILES string of the molecule is Cc1ccc2occ(CC(=O)N(Cc3ccc(N(C)C)cc3)Cc3ccco3)c2c1. The fourth-order valence-electron chi connectivity index (χ4n) is 3.55. The number of hydrogen-bond acceptors (Lipinski definition) is 4. The van der Waals surface area contributed by atoms with Gasteiger partial charge in [0.15, 0.2) is 0 Å². The molecule has 0 aliphatic heterocycles. The zero-order chi connectivity index (χ0) is 21.1. The molecule has 4 rings (SSSR count). The summed E-state index contributed by atoms with van der Waals surface area (Å²) < 4.78 is 11.2. The molecular formula is C25H26N2O3. The summed E-state index contributed by atoms with van der Waals surface area (Å²) in [5.74, 6) is 0.799. The Kier molecular flexibility index (Phi) is 5.61. The van der Waals surface area contributed by atoms with E-state index < -0.39 is 0 Å². The molecule has 0 radical (unpaired) electrons. The fourth-order valence-corrected chi connectivity index (χ4v) is 3.55. The Morgan fingerprint density at radius 2 is 1.77 bits per heavy atom. The van der Waals surface area contributed by atoms with E-state index in [9.17, 15) is 4.79 Å². The first-order valence-corrected chi connectivity index (χ1v) is 10.0. The van der Waals surface area contributed by atoms with Gasteiger partial charge in [-0.2, -0.15) is 0 Å². The summed E-state index contributed by atoms with van der Waals surface area (Å²) in [6, 6.07) is 18.0.